The largest absolute Gasteiger partial charge is 0.489 e. The second-order valence-corrected chi connectivity index (χ2v) is 10.5. The molecule has 0 atom stereocenters. The van der Waals surface area contributed by atoms with Crippen LogP contribution < -0.4 is 14.8 Å². The van der Waals surface area contributed by atoms with Gasteiger partial charge in [-0.15, -0.1) is 0 Å². The van der Waals surface area contributed by atoms with E-state index in [9.17, 15) is 4.79 Å². The zero-order chi connectivity index (χ0) is 24.4. The Hall–Kier alpha value is -3.13. The third-order valence-corrected chi connectivity index (χ3v) is 7.09. The van der Waals surface area contributed by atoms with Crippen LogP contribution in [0.3, 0.4) is 0 Å². The SMILES string of the molecule is CC(C)(C)[C@H]1CC[C@H](n2cc3cc4c(cc3n2)OCCOCCOc2cccc(n2)C(=O)N4)CC1. The van der Waals surface area contributed by atoms with E-state index in [0.717, 1.165) is 29.7 Å². The predicted octanol–water partition coefficient (Wildman–Crippen LogP) is 5.25. The quantitative estimate of drug-likeness (QED) is 0.514. The summed E-state index contributed by atoms with van der Waals surface area (Å²) >= 11 is 0. The summed E-state index contributed by atoms with van der Waals surface area (Å²) < 4.78 is 19.3. The van der Waals surface area contributed by atoms with Crippen LogP contribution in [0.25, 0.3) is 10.9 Å². The van der Waals surface area contributed by atoms with Gasteiger partial charge in [-0.25, -0.2) is 4.98 Å². The fourth-order valence-corrected chi connectivity index (χ4v) is 5.01. The van der Waals surface area contributed by atoms with Gasteiger partial charge in [0.25, 0.3) is 5.91 Å². The molecule has 0 spiro atoms. The van der Waals surface area contributed by atoms with Gasteiger partial charge < -0.3 is 19.5 Å². The number of pyridine rings is 1. The Bertz CT molecular complexity index is 1190. The van der Waals surface area contributed by atoms with Gasteiger partial charge in [-0.2, -0.15) is 5.10 Å². The molecule has 1 aliphatic carbocycles. The molecule has 3 heterocycles. The Morgan fingerprint density at radius 2 is 1.77 bits per heavy atom. The van der Waals surface area contributed by atoms with E-state index in [4.69, 9.17) is 19.3 Å². The number of nitrogens with one attached hydrogen (secondary N) is 1. The highest BCUT2D eigenvalue weighted by molar-refractivity contribution is 6.05. The molecule has 1 N–H and O–H groups in total. The minimum Gasteiger partial charge on any atom is -0.489 e. The smallest absolute Gasteiger partial charge is 0.274 e. The van der Waals surface area contributed by atoms with Crippen LogP contribution in [0, 0.1) is 11.3 Å². The number of ether oxygens (including phenoxy) is 3. The van der Waals surface area contributed by atoms with E-state index < -0.39 is 0 Å². The van der Waals surface area contributed by atoms with Crippen molar-refractivity contribution in [1.82, 2.24) is 14.8 Å². The van der Waals surface area contributed by atoms with E-state index in [1.807, 2.05) is 12.1 Å². The molecular weight excluding hydrogens is 444 g/mol. The van der Waals surface area contributed by atoms with Crippen molar-refractivity contribution in [2.24, 2.45) is 11.3 Å². The maximum atomic E-state index is 13.0. The molecule has 1 aliphatic heterocycles. The van der Waals surface area contributed by atoms with Gasteiger partial charge in [0.05, 0.1) is 30.5 Å². The molecule has 3 aromatic rings. The van der Waals surface area contributed by atoms with Gasteiger partial charge in [0.15, 0.2) is 0 Å². The summed E-state index contributed by atoms with van der Waals surface area (Å²) in [4.78, 5) is 17.3. The predicted molar refractivity (Wildman–Crippen MR) is 134 cm³/mol. The molecule has 0 radical (unpaired) electrons. The molecule has 1 fully saturated rings. The van der Waals surface area contributed by atoms with Gasteiger partial charge in [0.1, 0.15) is 24.7 Å². The molecule has 1 aromatic carbocycles. The normalized spacial score (nSPS) is 21.9. The van der Waals surface area contributed by atoms with Crippen molar-refractivity contribution in [2.45, 2.75) is 52.5 Å². The molecule has 0 unspecified atom stereocenters. The van der Waals surface area contributed by atoms with E-state index in [1.165, 1.54) is 12.8 Å². The lowest BCUT2D eigenvalue weighted by molar-refractivity contribution is 0.0751. The van der Waals surface area contributed by atoms with Gasteiger partial charge in [-0.05, 0) is 49.1 Å². The highest BCUT2D eigenvalue weighted by Crippen LogP contribution is 2.42. The number of fused-ring (bicyclic) bond motifs is 4. The van der Waals surface area contributed by atoms with Gasteiger partial charge in [-0.1, -0.05) is 26.8 Å². The first-order valence-electron chi connectivity index (χ1n) is 12.5. The molecule has 8 nitrogen and oxygen atoms in total. The topological polar surface area (TPSA) is 87.5 Å². The second-order valence-electron chi connectivity index (χ2n) is 10.5. The highest BCUT2D eigenvalue weighted by Gasteiger charge is 2.30. The highest BCUT2D eigenvalue weighted by atomic mass is 16.5. The van der Waals surface area contributed by atoms with Crippen LogP contribution in [-0.4, -0.2) is 47.1 Å². The van der Waals surface area contributed by atoms with E-state index in [2.05, 4.69) is 42.0 Å². The van der Waals surface area contributed by atoms with Crippen molar-refractivity contribution in [3.63, 3.8) is 0 Å². The Kier molecular flexibility index (Phi) is 6.65. The van der Waals surface area contributed by atoms with E-state index in [0.29, 0.717) is 55.2 Å². The number of hydrogen-bond donors (Lipinski definition) is 1. The minimum atomic E-state index is -0.319. The molecular formula is C27H34N4O4. The number of aromatic nitrogens is 3. The first-order chi connectivity index (χ1) is 16.9. The summed E-state index contributed by atoms with van der Waals surface area (Å²) in [5.74, 6) is 1.40. The number of amides is 1. The summed E-state index contributed by atoms with van der Waals surface area (Å²) in [6.45, 7) is 8.55. The second kappa shape index (κ2) is 9.85. The zero-order valence-corrected chi connectivity index (χ0v) is 20.8. The van der Waals surface area contributed by atoms with Crippen molar-refractivity contribution in [1.29, 1.82) is 0 Å². The summed E-state index contributed by atoms with van der Waals surface area (Å²) in [5.41, 5.74) is 2.07. The molecule has 186 valence electrons. The Labute approximate surface area is 206 Å². The standard InChI is InChI=1S/C27H34N4O4/c1-27(2,3)19-7-9-20(10-8-19)31-17-18-15-23-24(16-22(18)30-31)34-13-11-33-12-14-35-25-6-4-5-21(28-25)26(32)29-23/h4-6,15-17,19-20H,7-14H2,1-3H3,(H,29,32)/t19-,20-. The van der Waals surface area contributed by atoms with Crippen LogP contribution in [0.4, 0.5) is 5.69 Å². The number of benzene rings is 1. The summed E-state index contributed by atoms with van der Waals surface area (Å²) in [6.07, 6.45) is 6.78. The number of carbonyl (C=O) groups excluding carboxylic acids is 1. The van der Waals surface area contributed by atoms with Crippen molar-refractivity contribution in [3.05, 3.63) is 42.2 Å². The van der Waals surface area contributed by atoms with Crippen molar-refractivity contribution in [2.75, 3.05) is 31.7 Å². The van der Waals surface area contributed by atoms with Crippen LogP contribution in [0.15, 0.2) is 36.5 Å². The number of carbonyl (C=O) groups is 1. The van der Waals surface area contributed by atoms with Crippen LogP contribution in [-0.2, 0) is 4.74 Å². The maximum Gasteiger partial charge on any atom is 0.274 e. The third kappa shape index (κ3) is 5.42. The minimum absolute atomic E-state index is 0.276. The van der Waals surface area contributed by atoms with Gasteiger partial charge in [-0.3, -0.25) is 9.48 Å². The van der Waals surface area contributed by atoms with Crippen molar-refractivity contribution in [3.8, 4) is 11.6 Å². The van der Waals surface area contributed by atoms with Crippen LogP contribution >= 0.6 is 0 Å². The lowest BCUT2D eigenvalue weighted by Crippen LogP contribution is -2.27. The molecule has 2 aliphatic rings. The number of nitrogens with zero attached hydrogens (tertiary/aromatic N) is 3. The molecule has 8 heteroatoms. The number of anilines is 1. The van der Waals surface area contributed by atoms with E-state index in [1.54, 1.807) is 18.2 Å². The molecule has 1 saturated carbocycles. The van der Waals surface area contributed by atoms with Gasteiger partial charge in [0.2, 0.25) is 5.88 Å². The van der Waals surface area contributed by atoms with E-state index >= 15 is 0 Å². The van der Waals surface area contributed by atoms with Crippen LogP contribution in [0.2, 0.25) is 0 Å². The summed E-state index contributed by atoms with van der Waals surface area (Å²) in [5, 5.41) is 8.82. The zero-order valence-electron chi connectivity index (χ0n) is 20.8. The molecule has 2 bridgehead atoms. The fourth-order valence-electron chi connectivity index (χ4n) is 5.01. The number of hydrogen-bond acceptors (Lipinski definition) is 6. The Morgan fingerprint density at radius 1 is 1.00 bits per heavy atom. The first-order valence-corrected chi connectivity index (χ1v) is 12.5. The monoisotopic (exact) mass is 478 g/mol. The number of rotatable bonds is 1. The molecule has 1 amide bonds. The average molecular weight is 479 g/mol. The fraction of sp³-hybridized carbons (Fsp3) is 0.519. The molecule has 5 rings (SSSR count). The Balaban J connectivity index is 1.41. The molecule has 0 saturated heterocycles. The Morgan fingerprint density at radius 3 is 2.54 bits per heavy atom. The average Bonchev–Trinajstić information content (AvgIpc) is 3.25. The van der Waals surface area contributed by atoms with Crippen LogP contribution in [0.1, 0.15) is 63.0 Å². The molecule has 2 aromatic heterocycles. The lowest BCUT2D eigenvalue weighted by Gasteiger charge is -2.37. The van der Waals surface area contributed by atoms with Gasteiger partial charge >= 0.3 is 0 Å². The van der Waals surface area contributed by atoms with Crippen LogP contribution in [0.5, 0.6) is 11.6 Å². The maximum absolute atomic E-state index is 13.0. The summed E-state index contributed by atoms with van der Waals surface area (Å²) in [6, 6.07) is 9.37. The van der Waals surface area contributed by atoms with Crippen molar-refractivity contribution >= 4 is 22.5 Å². The molecule has 35 heavy (non-hydrogen) atoms. The van der Waals surface area contributed by atoms with Crippen molar-refractivity contribution < 1.29 is 19.0 Å². The third-order valence-electron chi connectivity index (χ3n) is 7.09. The van der Waals surface area contributed by atoms with Gasteiger partial charge in [0, 0.05) is 23.7 Å². The summed E-state index contributed by atoms with van der Waals surface area (Å²) in [7, 11) is 0. The first kappa shape index (κ1) is 23.6. The lowest BCUT2D eigenvalue weighted by atomic mass is 9.71. The van der Waals surface area contributed by atoms with E-state index in [-0.39, 0.29) is 11.6 Å².